The molecule has 0 amide bonds. The number of nitrogen functional groups attached to an aromatic ring is 1. The van der Waals surface area contributed by atoms with Crippen LogP contribution in [0.15, 0.2) is 36.4 Å². The molecule has 0 saturated heterocycles. The maximum Gasteiger partial charge on any atom is 0.163 e. The van der Waals surface area contributed by atoms with Crippen molar-refractivity contribution in [3.05, 3.63) is 47.5 Å². The first-order valence-corrected chi connectivity index (χ1v) is 6.57. The second-order valence-corrected chi connectivity index (χ2v) is 4.62. The highest BCUT2D eigenvalue weighted by molar-refractivity contribution is 5.58. The molecular formula is C16H14N2O3. The summed E-state index contributed by atoms with van der Waals surface area (Å²) in [5.41, 5.74) is 8.04. The molecule has 0 fully saturated rings. The summed E-state index contributed by atoms with van der Waals surface area (Å²) in [6.07, 6.45) is 0. The zero-order valence-electron chi connectivity index (χ0n) is 11.3. The third-order valence-electron chi connectivity index (χ3n) is 3.18. The third-order valence-corrected chi connectivity index (χ3v) is 3.18. The van der Waals surface area contributed by atoms with Gasteiger partial charge >= 0.3 is 0 Å². The van der Waals surface area contributed by atoms with Crippen LogP contribution in [-0.2, 0) is 6.61 Å². The Hall–Kier alpha value is -2.87. The van der Waals surface area contributed by atoms with Gasteiger partial charge in [-0.1, -0.05) is 0 Å². The van der Waals surface area contributed by atoms with E-state index in [2.05, 4.69) is 6.07 Å². The van der Waals surface area contributed by atoms with E-state index in [0.29, 0.717) is 48.3 Å². The maximum atomic E-state index is 8.75. The Morgan fingerprint density at radius 1 is 1.10 bits per heavy atom. The Bertz CT molecular complexity index is 690. The molecule has 2 aromatic rings. The van der Waals surface area contributed by atoms with Crippen molar-refractivity contribution in [3.63, 3.8) is 0 Å². The lowest BCUT2D eigenvalue weighted by atomic mass is 10.1. The number of nitriles is 1. The monoisotopic (exact) mass is 282 g/mol. The van der Waals surface area contributed by atoms with Gasteiger partial charge in [-0.2, -0.15) is 5.26 Å². The lowest BCUT2D eigenvalue weighted by Gasteiger charge is -2.20. The number of rotatable bonds is 3. The van der Waals surface area contributed by atoms with Crippen molar-refractivity contribution in [2.75, 3.05) is 18.9 Å². The number of ether oxygens (including phenoxy) is 3. The fraction of sp³-hybridized carbons (Fsp3) is 0.188. The predicted molar refractivity (Wildman–Crippen MR) is 77.3 cm³/mol. The van der Waals surface area contributed by atoms with Crippen LogP contribution < -0.4 is 19.9 Å². The summed E-state index contributed by atoms with van der Waals surface area (Å²) in [6, 6.07) is 12.6. The van der Waals surface area contributed by atoms with E-state index in [-0.39, 0.29) is 0 Å². The molecule has 0 radical (unpaired) electrons. The van der Waals surface area contributed by atoms with Crippen LogP contribution >= 0.6 is 0 Å². The summed E-state index contributed by atoms with van der Waals surface area (Å²) in [6.45, 7) is 1.40. The van der Waals surface area contributed by atoms with E-state index in [4.69, 9.17) is 25.2 Å². The molecule has 1 aliphatic rings. The van der Waals surface area contributed by atoms with Crippen molar-refractivity contribution < 1.29 is 14.2 Å². The molecule has 5 heteroatoms. The summed E-state index contributed by atoms with van der Waals surface area (Å²) in [5.74, 6) is 2.04. The minimum atomic E-state index is 0.328. The lowest BCUT2D eigenvalue weighted by Crippen LogP contribution is -2.16. The van der Waals surface area contributed by atoms with Crippen LogP contribution in [0.3, 0.4) is 0 Å². The molecule has 0 atom stereocenters. The first kappa shape index (κ1) is 13.1. The van der Waals surface area contributed by atoms with Gasteiger partial charge in [0.2, 0.25) is 0 Å². The smallest absolute Gasteiger partial charge is 0.163 e. The Morgan fingerprint density at radius 2 is 1.76 bits per heavy atom. The minimum Gasteiger partial charge on any atom is -0.489 e. The molecule has 0 spiro atoms. The quantitative estimate of drug-likeness (QED) is 0.875. The highest BCUT2D eigenvalue weighted by Gasteiger charge is 2.14. The van der Waals surface area contributed by atoms with E-state index in [9.17, 15) is 0 Å². The van der Waals surface area contributed by atoms with E-state index >= 15 is 0 Å². The van der Waals surface area contributed by atoms with Crippen LogP contribution in [0.25, 0.3) is 0 Å². The number of nitrogens with zero attached hydrogens (tertiary/aromatic N) is 1. The second-order valence-electron chi connectivity index (χ2n) is 4.62. The largest absolute Gasteiger partial charge is 0.489 e. The van der Waals surface area contributed by atoms with Gasteiger partial charge in [-0.3, -0.25) is 0 Å². The van der Waals surface area contributed by atoms with Gasteiger partial charge in [0.1, 0.15) is 25.6 Å². The molecule has 21 heavy (non-hydrogen) atoms. The molecule has 0 unspecified atom stereocenters. The molecule has 0 aromatic heterocycles. The summed E-state index contributed by atoms with van der Waals surface area (Å²) in [4.78, 5) is 0. The standard InChI is InChI=1S/C16H14N2O3/c17-9-11-1-3-13(4-2-11)21-10-12-7-15-16(8-14(12)18)20-6-5-19-15/h1-4,7-8H,5-6,10,18H2. The molecule has 0 bridgehead atoms. The molecule has 5 nitrogen and oxygen atoms in total. The van der Waals surface area contributed by atoms with Gasteiger partial charge in [0, 0.05) is 17.3 Å². The molecule has 0 aliphatic carbocycles. The van der Waals surface area contributed by atoms with Gasteiger partial charge in [-0.05, 0) is 30.3 Å². The van der Waals surface area contributed by atoms with Crippen LogP contribution in [0.5, 0.6) is 17.2 Å². The van der Waals surface area contributed by atoms with E-state index < -0.39 is 0 Å². The van der Waals surface area contributed by atoms with Gasteiger partial charge in [-0.25, -0.2) is 0 Å². The molecule has 3 rings (SSSR count). The predicted octanol–water partition coefficient (Wildman–Crippen LogP) is 2.49. The molecule has 2 N–H and O–H groups in total. The minimum absolute atomic E-state index is 0.328. The van der Waals surface area contributed by atoms with Gasteiger partial charge in [0.15, 0.2) is 11.5 Å². The SMILES string of the molecule is N#Cc1ccc(OCc2cc3c(cc2N)OCCO3)cc1. The van der Waals surface area contributed by atoms with Crippen molar-refractivity contribution in [1.82, 2.24) is 0 Å². The van der Waals surface area contributed by atoms with Crippen LogP contribution in [0.4, 0.5) is 5.69 Å². The van der Waals surface area contributed by atoms with Gasteiger partial charge < -0.3 is 19.9 Å². The lowest BCUT2D eigenvalue weighted by molar-refractivity contribution is 0.171. The van der Waals surface area contributed by atoms with Crippen molar-refractivity contribution in [1.29, 1.82) is 5.26 Å². The van der Waals surface area contributed by atoms with Crippen molar-refractivity contribution in [2.24, 2.45) is 0 Å². The zero-order chi connectivity index (χ0) is 14.7. The number of nitrogens with two attached hydrogens (primary N) is 1. The zero-order valence-corrected chi connectivity index (χ0v) is 11.3. The van der Waals surface area contributed by atoms with E-state index in [1.807, 2.05) is 6.07 Å². The fourth-order valence-corrected chi connectivity index (χ4v) is 2.06. The average molecular weight is 282 g/mol. The normalized spacial score (nSPS) is 12.5. The Labute approximate surface area is 122 Å². The van der Waals surface area contributed by atoms with Crippen LogP contribution in [-0.4, -0.2) is 13.2 Å². The first-order chi connectivity index (χ1) is 10.3. The van der Waals surface area contributed by atoms with Gasteiger partial charge in [0.25, 0.3) is 0 Å². The van der Waals surface area contributed by atoms with Crippen LogP contribution in [0.2, 0.25) is 0 Å². The number of hydrogen-bond donors (Lipinski definition) is 1. The van der Waals surface area contributed by atoms with Crippen LogP contribution in [0.1, 0.15) is 11.1 Å². The summed E-state index contributed by atoms with van der Waals surface area (Å²) in [5, 5.41) is 8.75. The van der Waals surface area contributed by atoms with E-state index in [1.165, 1.54) is 0 Å². The molecule has 106 valence electrons. The Kier molecular flexibility index (Phi) is 3.52. The maximum absolute atomic E-state index is 8.75. The number of anilines is 1. The number of hydrogen-bond acceptors (Lipinski definition) is 5. The highest BCUT2D eigenvalue weighted by Crippen LogP contribution is 2.34. The van der Waals surface area contributed by atoms with E-state index in [0.717, 1.165) is 5.56 Å². The summed E-state index contributed by atoms with van der Waals surface area (Å²) < 4.78 is 16.7. The fourth-order valence-electron chi connectivity index (χ4n) is 2.06. The molecular weight excluding hydrogens is 268 g/mol. The third kappa shape index (κ3) is 2.84. The van der Waals surface area contributed by atoms with Crippen LogP contribution in [0, 0.1) is 11.3 Å². The van der Waals surface area contributed by atoms with E-state index in [1.54, 1.807) is 30.3 Å². The molecule has 1 aliphatic heterocycles. The molecule has 1 heterocycles. The molecule has 2 aromatic carbocycles. The van der Waals surface area contributed by atoms with Crippen molar-refractivity contribution >= 4 is 5.69 Å². The Morgan fingerprint density at radius 3 is 2.43 bits per heavy atom. The average Bonchev–Trinajstić information content (AvgIpc) is 2.53. The Balaban J connectivity index is 1.74. The number of benzene rings is 2. The number of fused-ring (bicyclic) bond motifs is 1. The topological polar surface area (TPSA) is 77.5 Å². The van der Waals surface area contributed by atoms with Gasteiger partial charge in [0.05, 0.1) is 11.6 Å². The summed E-state index contributed by atoms with van der Waals surface area (Å²) >= 11 is 0. The van der Waals surface area contributed by atoms with Gasteiger partial charge in [-0.15, -0.1) is 0 Å². The molecule has 0 saturated carbocycles. The first-order valence-electron chi connectivity index (χ1n) is 6.57. The second kappa shape index (κ2) is 5.63. The van der Waals surface area contributed by atoms with Crippen molar-refractivity contribution in [3.8, 4) is 23.3 Å². The summed E-state index contributed by atoms with van der Waals surface area (Å²) in [7, 11) is 0. The highest BCUT2D eigenvalue weighted by atomic mass is 16.6. The van der Waals surface area contributed by atoms with Crippen molar-refractivity contribution in [2.45, 2.75) is 6.61 Å².